The van der Waals surface area contributed by atoms with Gasteiger partial charge in [-0.2, -0.15) is 0 Å². The van der Waals surface area contributed by atoms with Crippen LogP contribution in [0.2, 0.25) is 0 Å². The van der Waals surface area contributed by atoms with E-state index in [1.165, 1.54) is 83.5 Å². The standard InChI is InChI=1S/C33H50F2/c1-3-5-7-9-13-28-20-22-29(23-21-28)31-25-24-30(32(34)33(31)35)15-11-10-14-27-18-16-26(17-19-27)12-8-6-4-2/h10,14,22,24-28H,3-9,11-13,15-21,23H2,1-2H3. The van der Waals surface area contributed by atoms with Crippen LogP contribution in [0.3, 0.4) is 0 Å². The van der Waals surface area contributed by atoms with E-state index < -0.39 is 11.6 Å². The number of unbranched alkanes of at least 4 members (excludes halogenated alkanes) is 5. The van der Waals surface area contributed by atoms with Crippen LogP contribution >= 0.6 is 0 Å². The Balaban J connectivity index is 1.43. The van der Waals surface area contributed by atoms with Crippen LogP contribution in [0.5, 0.6) is 0 Å². The van der Waals surface area contributed by atoms with Gasteiger partial charge in [0.05, 0.1) is 0 Å². The van der Waals surface area contributed by atoms with Gasteiger partial charge < -0.3 is 0 Å². The van der Waals surface area contributed by atoms with Crippen molar-refractivity contribution in [1.29, 1.82) is 0 Å². The molecule has 0 N–H and O–H groups in total. The predicted octanol–water partition coefficient (Wildman–Crippen LogP) is 11.0. The Kier molecular flexibility index (Phi) is 12.6. The van der Waals surface area contributed by atoms with Crippen molar-refractivity contribution in [3.8, 4) is 0 Å². The van der Waals surface area contributed by atoms with Gasteiger partial charge in [0.1, 0.15) is 0 Å². The van der Waals surface area contributed by atoms with Crippen LogP contribution in [-0.4, -0.2) is 0 Å². The molecule has 1 unspecified atom stereocenters. The highest BCUT2D eigenvalue weighted by Gasteiger charge is 2.21. The van der Waals surface area contributed by atoms with Gasteiger partial charge in [0.15, 0.2) is 11.6 Å². The number of aryl methyl sites for hydroxylation is 1. The summed E-state index contributed by atoms with van der Waals surface area (Å²) in [5, 5.41) is 0. The van der Waals surface area contributed by atoms with Crippen LogP contribution in [-0.2, 0) is 6.42 Å². The third-order valence-corrected chi connectivity index (χ3v) is 8.59. The third-order valence-electron chi connectivity index (χ3n) is 8.59. The van der Waals surface area contributed by atoms with Gasteiger partial charge in [-0.3, -0.25) is 0 Å². The lowest BCUT2D eigenvalue weighted by Crippen LogP contribution is -2.13. The molecule has 0 radical (unpaired) electrons. The average Bonchev–Trinajstić information content (AvgIpc) is 2.88. The molecule has 0 nitrogen and oxygen atoms in total. The van der Waals surface area contributed by atoms with Gasteiger partial charge in [-0.1, -0.05) is 102 Å². The van der Waals surface area contributed by atoms with Crippen LogP contribution in [0.4, 0.5) is 8.78 Å². The number of hydrogen-bond acceptors (Lipinski definition) is 0. The maximum absolute atomic E-state index is 14.9. The van der Waals surface area contributed by atoms with Gasteiger partial charge in [-0.25, -0.2) is 8.78 Å². The largest absolute Gasteiger partial charge is 0.203 e. The summed E-state index contributed by atoms with van der Waals surface area (Å²) < 4.78 is 29.8. The first kappa shape index (κ1) is 28.1. The molecule has 3 rings (SSSR count). The normalized spacial score (nSPS) is 23.1. The summed E-state index contributed by atoms with van der Waals surface area (Å²) >= 11 is 0. The van der Waals surface area contributed by atoms with E-state index in [0.29, 0.717) is 29.4 Å². The molecule has 1 atom stereocenters. The van der Waals surface area contributed by atoms with E-state index in [2.05, 4.69) is 32.1 Å². The van der Waals surface area contributed by atoms with E-state index in [1.807, 2.05) is 12.1 Å². The molecule has 0 spiro atoms. The van der Waals surface area contributed by atoms with Gasteiger partial charge in [0.25, 0.3) is 0 Å². The maximum Gasteiger partial charge on any atom is 0.166 e. The summed E-state index contributed by atoms with van der Waals surface area (Å²) in [4.78, 5) is 0. The zero-order valence-electron chi connectivity index (χ0n) is 22.6. The van der Waals surface area contributed by atoms with E-state index in [0.717, 1.165) is 37.2 Å². The molecule has 0 saturated heterocycles. The zero-order valence-corrected chi connectivity index (χ0v) is 22.6. The predicted molar refractivity (Wildman–Crippen MR) is 147 cm³/mol. The second kappa shape index (κ2) is 15.6. The average molecular weight is 485 g/mol. The molecule has 0 aromatic heterocycles. The lowest BCUT2D eigenvalue weighted by molar-refractivity contribution is 0.289. The molecule has 35 heavy (non-hydrogen) atoms. The van der Waals surface area contributed by atoms with Crippen molar-refractivity contribution in [2.75, 3.05) is 0 Å². The number of rotatable bonds is 14. The highest BCUT2D eigenvalue weighted by Crippen LogP contribution is 2.35. The highest BCUT2D eigenvalue weighted by atomic mass is 19.2. The fraction of sp³-hybridized carbons (Fsp3) is 0.697. The molecule has 0 aliphatic heterocycles. The second-order valence-electron chi connectivity index (χ2n) is 11.4. The molecule has 2 aliphatic rings. The lowest BCUT2D eigenvalue weighted by Gasteiger charge is -2.26. The Bertz CT molecular complexity index is 798. The Morgan fingerprint density at radius 1 is 0.800 bits per heavy atom. The molecule has 1 saturated carbocycles. The molecular weight excluding hydrogens is 434 g/mol. The SMILES string of the molecule is CCCCCCC1CC=C(c2ccc(CCC=CC3CCC(CCCCC)CC3)c(F)c2F)CC1. The van der Waals surface area contributed by atoms with E-state index in [9.17, 15) is 8.78 Å². The van der Waals surface area contributed by atoms with E-state index >= 15 is 0 Å². The van der Waals surface area contributed by atoms with Crippen molar-refractivity contribution >= 4 is 5.57 Å². The summed E-state index contributed by atoms with van der Waals surface area (Å²) in [6.45, 7) is 4.52. The van der Waals surface area contributed by atoms with Crippen molar-refractivity contribution in [3.63, 3.8) is 0 Å². The van der Waals surface area contributed by atoms with Crippen LogP contribution in [0.25, 0.3) is 5.57 Å². The smallest absolute Gasteiger partial charge is 0.166 e. The van der Waals surface area contributed by atoms with Gasteiger partial charge >= 0.3 is 0 Å². The number of allylic oxidation sites excluding steroid dienone is 4. The molecule has 0 amide bonds. The fourth-order valence-electron chi connectivity index (χ4n) is 6.17. The van der Waals surface area contributed by atoms with Crippen LogP contribution in [0, 0.1) is 29.4 Å². The minimum absolute atomic E-state index is 0.488. The monoisotopic (exact) mass is 484 g/mol. The summed E-state index contributed by atoms with van der Waals surface area (Å²) in [6, 6.07) is 3.64. The Morgan fingerprint density at radius 3 is 2.23 bits per heavy atom. The molecule has 1 fully saturated rings. The first-order chi connectivity index (χ1) is 17.1. The molecule has 1 aromatic carbocycles. The van der Waals surface area contributed by atoms with Crippen LogP contribution < -0.4 is 0 Å². The van der Waals surface area contributed by atoms with Crippen LogP contribution in [0.15, 0.2) is 30.4 Å². The van der Waals surface area contributed by atoms with Crippen molar-refractivity contribution < 1.29 is 8.78 Å². The summed E-state index contributed by atoms with van der Waals surface area (Å²) in [5.74, 6) is 1.05. The molecule has 2 aliphatic carbocycles. The highest BCUT2D eigenvalue weighted by molar-refractivity contribution is 5.67. The Morgan fingerprint density at radius 2 is 1.51 bits per heavy atom. The van der Waals surface area contributed by atoms with Gasteiger partial charge in [-0.05, 0) is 86.7 Å². The van der Waals surface area contributed by atoms with Crippen molar-refractivity contribution in [2.45, 2.75) is 129 Å². The fourth-order valence-corrected chi connectivity index (χ4v) is 6.17. The van der Waals surface area contributed by atoms with Gasteiger partial charge in [-0.15, -0.1) is 0 Å². The number of halogens is 2. The molecule has 2 heteroatoms. The zero-order chi connectivity index (χ0) is 24.9. The molecular formula is C33H50F2. The first-order valence-electron chi connectivity index (χ1n) is 14.9. The topological polar surface area (TPSA) is 0 Å². The Hall–Kier alpha value is -1.44. The van der Waals surface area contributed by atoms with Gasteiger partial charge in [0, 0.05) is 5.56 Å². The van der Waals surface area contributed by atoms with Crippen LogP contribution in [0.1, 0.15) is 134 Å². The maximum atomic E-state index is 14.9. The van der Waals surface area contributed by atoms with Gasteiger partial charge in [0.2, 0.25) is 0 Å². The third kappa shape index (κ3) is 9.18. The second-order valence-corrected chi connectivity index (χ2v) is 11.4. The quantitative estimate of drug-likeness (QED) is 0.182. The first-order valence-corrected chi connectivity index (χ1v) is 14.9. The number of hydrogen-bond donors (Lipinski definition) is 0. The van der Waals surface area contributed by atoms with E-state index in [1.54, 1.807) is 0 Å². The summed E-state index contributed by atoms with van der Waals surface area (Å²) in [7, 11) is 0. The van der Waals surface area contributed by atoms with Crippen molar-refractivity contribution in [1.82, 2.24) is 0 Å². The minimum Gasteiger partial charge on any atom is -0.203 e. The van der Waals surface area contributed by atoms with E-state index in [4.69, 9.17) is 0 Å². The lowest BCUT2D eigenvalue weighted by atomic mass is 9.79. The minimum atomic E-state index is -0.638. The molecule has 0 heterocycles. The van der Waals surface area contributed by atoms with Crippen molar-refractivity contribution in [3.05, 3.63) is 53.1 Å². The molecule has 196 valence electrons. The summed E-state index contributed by atoms with van der Waals surface area (Å²) in [5.41, 5.74) is 2.01. The summed E-state index contributed by atoms with van der Waals surface area (Å²) in [6.07, 6.45) is 28.3. The Labute approximate surface area is 214 Å². The number of benzene rings is 1. The van der Waals surface area contributed by atoms with E-state index in [-0.39, 0.29) is 0 Å². The molecule has 0 bridgehead atoms. The van der Waals surface area contributed by atoms with Crippen molar-refractivity contribution in [2.24, 2.45) is 17.8 Å². The molecule has 1 aromatic rings.